The van der Waals surface area contributed by atoms with Gasteiger partial charge in [0.2, 0.25) is 0 Å². The predicted molar refractivity (Wildman–Crippen MR) is 81.3 cm³/mol. The molecule has 4 N–H and O–H groups in total. The summed E-state index contributed by atoms with van der Waals surface area (Å²) in [6, 6.07) is 7.56. The van der Waals surface area contributed by atoms with Gasteiger partial charge in [0.1, 0.15) is 5.82 Å². The highest BCUT2D eigenvalue weighted by molar-refractivity contribution is 6.09. The molecule has 0 aliphatic rings. The molecule has 106 valence electrons. The first-order valence-corrected chi connectivity index (χ1v) is 6.55. The third-order valence-electron chi connectivity index (χ3n) is 2.96. The second kappa shape index (κ2) is 5.46. The number of anilines is 1. The van der Waals surface area contributed by atoms with Crippen molar-refractivity contribution in [2.45, 2.75) is 20.8 Å². The highest BCUT2D eigenvalue weighted by Crippen LogP contribution is 2.23. The molecular formula is C15H20N4O. The summed E-state index contributed by atoms with van der Waals surface area (Å²) in [6.45, 7) is 6.83. The summed E-state index contributed by atoms with van der Waals surface area (Å²) in [5.74, 6) is 5.89. The number of nitrogen functional groups attached to an aromatic ring is 1. The third-order valence-corrected chi connectivity index (χ3v) is 2.96. The highest BCUT2D eigenvalue weighted by Gasteiger charge is 2.16. The molecule has 0 aliphatic carbocycles. The van der Waals surface area contributed by atoms with Gasteiger partial charge in [-0.05, 0) is 10.8 Å². The number of benzene rings is 1. The van der Waals surface area contributed by atoms with E-state index in [2.05, 4.69) is 36.5 Å². The molecule has 0 fully saturated rings. The van der Waals surface area contributed by atoms with E-state index >= 15 is 0 Å². The molecule has 0 saturated heterocycles. The first-order chi connectivity index (χ1) is 9.42. The first kappa shape index (κ1) is 14.3. The fraction of sp³-hybridized carbons (Fsp3) is 0.333. The molecule has 5 heteroatoms. The van der Waals surface area contributed by atoms with Crippen molar-refractivity contribution in [1.29, 1.82) is 0 Å². The van der Waals surface area contributed by atoms with Crippen LogP contribution in [0.3, 0.4) is 0 Å². The van der Waals surface area contributed by atoms with Crippen LogP contribution in [0.25, 0.3) is 10.8 Å². The number of pyridine rings is 1. The Labute approximate surface area is 118 Å². The van der Waals surface area contributed by atoms with Crippen LogP contribution in [0.5, 0.6) is 0 Å². The number of carbonyl (C=O) groups excluding carboxylic acids is 1. The van der Waals surface area contributed by atoms with Crippen molar-refractivity contribution in [2.75, 3.05) is 12.0 Å². The van der Waals surface area contributed by atoms with Crippen LogP contribution in [0.2, 0.25) is 0 Å². The number of hydrogen-bond acceptors (Lipinski definition) is 4. The molecule has 0 aliphatic heterocycles. The van der Waals surface area contributed by atoms with Crippen LogP contribution < -0.4 is 16.6 Å². The summed E-state index contributed by atoms with van der Waals surface area (Å²) >= 11 is 0. The van der Waals surface area contributed by atoms with Gasteiger partial charge >= 0.3 is 0 Å². The average Bonchev–Trinajstić information content (AvgIpc) is 2.42. The van der Waals surface area contributed by atoms with Gasteiger partial charge in [0.05, 0.1) is 5.56 Å². The second-order valence-corrected chi connectivity index (χ2v) is 5.95. The lowest BCUT2D eigenvalue weighted by Crippen LogP contribution is -2.32. The standard InChI is InChI=1S/C15H20N4O/c1-15(2,3)9-18-14(20)12-8-17-13(19-16)11-7-5-4-6-10(11)12/h4-8H,9,16H2,1-3H3,(H,17,19)(H,18,20). The van der Waals surface area contributed by atoms with Crippen molar-refractivity contribution in [1.82, 2.24) is 10.3 Å². The average molecular weight is 272 g/mol. The van der Waals surface area contributed by atoms with Crippen LogP contribution in [0.15, 0.2) is 30.5 Å². The molecule has 0 atom stereocenters. The first-order valence-electron chi connectivity index (χ1n) is 6.55. The summed E-state index contributed by atoms with van der Waals surface area (Å²) in [7, 11) is 0. The molecule has 1 heterocycles. The van der Waals surface area contributed by atoms with Gasteiger partial charge in [-0.2, -0.15) is 0 Å². The summed E-state index contributed by atoms with van der Waals surface area (Å²) in [6.07, 6.45) is 1.55. The number of rotatable bonds is 3. The Hall–Kier alpha value is -2.14. The van der Waals surface area contributed by atoms with Gasteiger partial charge < -0.3 is 10.7 Å². The molecule has 2 aromatic rings. The predicted octanol–water partition coefficient (Wildman–Crippen LogP) is 2.30. The zero-order valence-electron chi connectivity index (χ0n) is 12.0. The maximum absolute atomic E-state index is 12.3. The van der Waals surface area contributed by atoms with E-state index in [1.54, 1.807) is 6.20 Å². The Bertz CT molecular complexity index is 631. The second-order valence-electron chi connectivity index (χ2n) is 5.95. The molecular weight excluding hydrogens is 252 g/mol. The summed E-state index contributed by atoms with van der Waals surface area (Å²) in [5, 5.41) is 4.60. The number of nitrogens with one attached hydrogen (secondary N) is 2. The van der Waals surface area contributed by atoms with Crippen molar-refractivity contribution >= 4 is 22.5 Å². The van der Waals surface area contributed by atoms with Crippen LogP contribution in [-0.2, 0) is 0 Å². The molecule has 5 nitrogen and oxygen atoms in total. The van der Waals surface area contributed by atoms with Crippen molar-refractivity contribution in [3.8, 4) is 0 Å². The Morgan fingerprint density at radius 1 is 1.25 bits per heavy atom. The normalized spacial score (nSPS) is 11.4. The minimum absolute atomic E-state index is 0.0393. The fourth-order valence-electron chi connectivity index (χ4n) is 1.93. The summed E-state index contributed by atoms with van der Waals surface area (Å²) < 4.78 is 0. The van der Waals surface area contributed by atoms with E-state index in [-0.39, 0.29) is 11.3 Å². The van der Waals surface area contributed by atoms with Gasteiger partial charge in [0.15, 0.2) is 0 Å². The van der Waals surface area contributed by atoms with E-state index in [0.29, 0.717) is 17.9 Å². The fourth-order valence-corrected chi connectivity index (χ4v) is 1.93. The Morgan fingerprint density at radius 3 is 2.50 bits per heavy atom. The van der Waals surface area contributed by atoms with Crippen LogP contribution >= 0.6 is 0 Å². The Kier molecular flexibility index (Phi) is 3.90. The lowest BCUT2D eigenvalue weighted by molar-refractivity contribution is 0.0940. The summed E-state index contributed by atoms with van der Waals surface area (Å²) in [5.41, 5.74) is 3.15. The van der Waals surface area contributed by atoms with Gasteiger partial charge in [0.25, 0.3) is 5.91 Å². The van der Waals surface area contributed by atoms with E-state index in [4.69, 9.17) is 5.84 Å². The molecule has 1 amide bonds. The largest absolute Gasteiger partial charge is 0.351 e. The minimum Gasteiger partial charge on any atom is -0.351 e. The molecule has 2 rings (SSSR count). The number of carbonyl (C=O) groups is 1. The topological polar surface area (TPSA) is 80.0 Å². The Balaban J connectivity index is 2.38. The zero-order valence-corrected chi connectivity index (χ0v) is 12.0. The van der Waals surface area contributed by atoms with Gasteiger partial charge in [0, 0.05) is 18.1 Å². The van der Waals surface area contributed by atoms with Crippen LogP contribution in [0, 0.1) is 5.41 Å². The van der Waals surface area contributed by atoms with Gasteiger partial charge in [-0.25, -0.2) is 10.8 Å². The smallest absolute Gasteiger partial charge is 0.253 e. The number of nitrogens with zero attached hydrogens (tertiary/aromatic N) is 1. The zero-order chi connectivity index (χ0) is 14.8. The van der Waals surface area contributed by atoms with Gasteiger partial charge in [-0.1, -0.05) is 45.0 Å². The molecule has 0 saturated carbocycles. The van der Waals surface area contributed by atoms with Crippen molar-refractivity contribution in [2.24, 2.45) is 11.3 Å². The lowest BCUT2D eigenvalue weighted by Gasteiger charge is -2.19. The van der Waals surface area contributed by atoms with E-state index in [1.807, 2.05) is 24.3 Å². The molecule has 0 radical (unpaired) electrons. The quantitative estimate of drug-likeness (QED) is 0.591. The molecule has 0 spiro atoms. The van der Waals surface area contributed by atoms with Gasteiger partial charge in [-0.3, -0.25) is 4.79 Å². The number of hydrazine groups is 1. The summed E-state index contributed by atoms with van der Waals surface area (Å²) in [4.78, 5) is 16.5. The van der Waals surface area contributed by atoms with Crippen molar-refractivity contribution < 1.29 is 4.79 Å². The van der Waals surface area contributed by atoms with Gasteiger partial charge in [-0.15, -0.1) is 0 Å². The highest BCUT2D eigenvalue weighted by atomic mass is 16.1. The number of amides is 1. The van der Waals surface area contributed by atoms with Crippen LogP contribution in [0.4, 0.5) is 5.82 Å². The lowest BCUT2D eigenvalue weighted by atomic mass is 9.96. The van der Waals surface area contributed by atoms with E-state index in [1.165, 1.54) is 0 Å². The SMILES string of the molecule is CC(C)(C)CNC(=O)c1cnc(NN)c2ccccc12. The molecule has 0 unspecified atom stereocenters. The monoisotopic (exact) mass is 272 g/mol. The molecule has 20 heavy (non-hydrogen) atoms. The molecule has 0 bridgehead atoms. The number of aromatic nitrogens is 1. The minimum atomic E-state index is -0.118. The third kappa shape index (κ3) is 3.05. The number of fused-ring (bicyclic) bond motifs is 1. The van der Waals surface area contributed by atoms with Crippen molar-refractivity contribution in [3.63, 3.8) is 0 Å². The number of hydrogen-bond donors (Lipinski definition) is 3. The van der Waals surface area contributed by atoms with E-state index < -0.39 is 0 Å². The van der Waals surface area contributed by atoms with Crippen LogP contribution in [0.1, 0.15) is 31.1 Å². The maximum atomic E-state index is 12.3. The van der Waals surface area contributed by atoms with Crippen molar-refractivity contribution in [3.05, 3.63) is 36.0 Å². The Morgan fingerprint density at radius 2 is 1.90 bits per heavy atom. The number of nitrogens with two attached hydrogens (primary N) is 1. The molecule has 1 aromatic heterocycles. The van der Waals surface area contributed by atoms with Crippen LogP contribution in [-0.4, -0.2) is 17.4 Å². The van der Waals surface area contributed by atoms with E-state index in [0.717, 1.165) is 10.8 Å². The maximum Gasteiger partial charge on any atom is 0.253 e. The van der Waals surface area contributed by atoms with E-state index in [9.17, 15) is 4.79 Å². The molecule has 1 aromatic carbocycles.